The normalized spacial score (nSPS) is 19.5. The molecule has 0 aliphatic heterocycles. The van der Waals surface area contributed by atoms with Crippen molar-refractivity contribution in [2.24, 2.45) is 16.7 Å². The summed E-state index contributed by atoms with van der Waals surface area (Å²) in [7, 11) is 0. The molecule has 0 spiro atoms. The minimum atomic E-state index is 0.303. The van der Waals surface area contributed by atoms with Crippen LogP contribution >= 0.6 is 0 Å². The van der Waals surface area contributed by atoms with Gasteiger partial charge in [-0.3, -0.25) is 12.2 Å². The molecule has 0 saturated carbocycles. The standard InChI is InChI=1S/2C10H15.C3H6.Ti/c2*1-8-5-6-9(7-8)10(2,3)4;1-3-2;/h7H,6H2,1-4H3;6-8H,1-4H3;1-2H3;/q2*-1;;+2. The summed E-state index contributed by atoms with van der Waals surface area (Å²) in [5, 5.41) is 0. The van der Waals surface area contributed by atoms with Crippen LogP contribution in [0.15, 0.2) is 34.9 Å². The Balaban J connectivity index is 0.000000363. The number of allylic oxidation sites excluding steroid dienone is 8. The molecule has 1 unspecified atom stereocenters. The molecule has 0 amide bonds. The summed E-state index contributed by atoms with van der Waals surface area (Å²) < 4.78 is 1.42. The van der Waals surface area contributed by atoms with E-state index in [1.807, 2.05) is 0 Å². The molecule has 0 N–H and O–H groups in total. The third-order valence-corrected chi connectivity index (χ3v) is 3.71. The van der Waals surface area contributed by atoms with E-state index in [2.05, 4.69) is 120 Å². The number of hydrogen-bond acceptors (Lipinski definition) is 0. The fourth-order valence-electron chi connectivity index (χ4n) is 2.13. The zero-order chi connectivity index (χ0) is 19.1. The van der Waals surface area contributed by atoms with Crippen molar-refractivity contribution in [1.29, 1.82) is 0 Å². The molecule has 1 atom stereocenters. The van der Waals surface area contributed by atoms with Crippen LogP contribution in [0.25, 0.3) is 0 Å². The van der Waals surface area contributed by atoms with Gasteiger partial charge in [0.25, 0.3) is 0 Å². The summed E-state index contributed by atoms with van der Waals surface area (Å²) in [6.07, 6.45) is 14.2. The maximum atomic E-state index is 3.30. The maximum absolute atomic E-state index is 3.30. The van der Waals surface area contributed by atoms with E-state index in [-0.39, 0.29) is 0 Å². The Morgan fingerprint density at radius 1 is 1.08 bits per heavy atom. The van der Waals surface area contributed by atoms with Crippen molar-refractivity contribution in [3.63, 3.8) is 0 Å². The van der Waals surface area contributed by atoms with Crippen molar-refractivity contribution in [3.05, 3.63) is 47.1 Å². The van der Waals surface area contributed by atoms with Crippen LogP contribution in [0.1, 0.15) is 75.7 Å². The Labute approximate surface area is 163 Å². The van der Waals surface area contributed by atoms with Gasteiger partial charge in [-0.15, -0.1) is 6.42 Å². The zero-order valence-electron chi connectivity index (χ0n) is 17.5. The monoisotopic (exact) mass is 360 g/mol. The van der Waals surface area contributed by atoms with Gasteiger partial charge in [-0.2, -0.15) is 17.2 Å². The van der Waals surface area contributed by atoms with Crippen LogP contribution in [0, 0.1) is 28.9 Å². The summed E-state index contributed by atoms with van der Waals surface area (Å²) in [5.41, 5.74) is 4.86. The van der Waals surface area contributed by atoms with Crippen LogP contribution in [0.4, 0.5) is 0 Å². The van der Waals surface area contributed by atoms with Crippen LogP contribution in [0.2, 0.25) is 0 Å². The summed E-state index contributed by atoms with van der Waals surface area (Å²) in [4.78, 5) is 0. The van der Waals surface area contributed by atoms with Crippen molar-refractivity contribution < 1.29 is 20.0 Å². The molecule has 0 fully saturated rings. The fraction of sp³-hybridized carbons (Fsp3) is 0.609. The van der Waals surface area contributed by atoms with Gasteiger partial charge in [-0.1, -0.05) is 66.7 Å². The average Bonchev–Trinajstić information content (AvgIpc) is 2.96. The SMILES string of the molecule is CC1=[C-]CC(C(C)(C)C)=C1.CC1[C-]=CC(C(C)(C)C)=C1.C[C](C)=[Ti+2]. The van der Waals surface area contributed by atoms with Crippen LogP contribution < -0.4 is 0 Å². The van der Waals surface area contributed by atoms with Gasteiger partial charge in [0.1, 0.15) is 0 Å². The third kappa shape index (κ3) is 10.4. The molecular formula is C23H36Ti. The second-order valence-electron chi connectivity index (χ2n) is 8.93. The molecule has 0 aromatic rings. The Morgan fingerprint density at radius 3 is 1.75 bits per heavy atom. The summed E-state index contributed by atoms with van der Waals surface area (Å²) in [6.45, 7) is 21.9. The fourth-order valence-corrected chi connectivity index (χ4v) is 2.13. The molecule has 24 heavy (non-hydrogen) atoms. The zero-order valence-corrected chi connectivity index (χ0v) is 19.1. The van der Waals surface area contributed by atoms with E-state index >= 15 is 0 Å². The molecule has 2 rings (SSSR count). The van der Waals surface area contributed by atoms with Crippen molar-refractivity contribution in [3.8, 4) is 0 Å². The van der Waals surface area contributed by atoms with Crippen molar-refractivity contribution in [2.75, 3.05) is 0 Å². The second-order valence-corrected chi connectivity index (χ2v) is 10.5. The molecule has 1 heteroatoms. The first-order valence-corrected chi connectivity index (χ1v) is 9.63. The van der Waals surface area contributed by atoms with E-state index in [0.29, 0.717) is 16.7 Å². The summed E-state index contributed by atoms with van der Waals surface area (Å²) >= 11 is 2.08. The van der Waals surface area contributed by atoms with E-state index in [4.69, 9.17) is 0 Å². The van der Waals surface area contributed by atoms with E-state index in [1.165, 1.54) is 20.5 Å². The molecular weight excluding hydrogens is 324 g/mol. The Hall–Kier alpha value is -0.456. The summed E-state index contributed by atoms with van der Waals surface area (Å²) in [5.74, 6) is 0.522. The molecule has 132 valence electrons. The van der Waals surface area contributed by atoms with E-state index in [1.54, 1.807) is 0 Å². The van der Waals surface area contributed by atoms with Gasteiger partial charge in [0.2, 0.25) is 0 Å². The van der Waals surface area contributed by atoms with Gasteiger partial charge < -0.3 is 0 Å². The van der Waals surface area contributed by atoms with Crippen molar-refractivity contribution >= 4 is 3.81 Å². The summed E-state index contributed by atoms with van der Waals surface area (Å²) in [6, 6.07) is 0. The van der Waals surface area contributed by atoms with Crippen molar-refractivity contribution in [1.82, 2.24) is 0 Å². The molecule has 0 bridgehead atoms. The van der Waals surface area contributed by atoms with Crippen LogP contribution in [-0.2, 0) is 20.0 Å². The third-order valence-electron chi connectivity index (χ3n) is 3.71. The average molecular weight is 360 g/mol. The number of rotatable bonds is 0. The van der Waals surface area contributed by atoms with Gasteiger partial charge in [0, 0.05) is 0 Å². The topological polar surface area (TPSA) is 0 Å². The van der Waals surface area contributed by atoms with E-state index in [9.17, 15) is 0 Å². The quantitative estimate of drug-likeness (QED) is 0.328. The Morgan fingerprint density at radius 2 is 1.58 bits per heavy atom. The van der Waals surface area contributed by atoms with Crippen LogP contribution in [0.3, 0.4) is 0 Å². The van der Waals surface area contributed by atoms with E-state index in [0.717, 1.165) is 6.42 Å². The second kappa shape index (κ2) is 9.88. The molecule has 0 nitrogen and oxygen atoms in total. The van der Waals surface area contributed by atoms with Gasteiger partial charge in [0.05, 0.1) is 0 Å². The van der Waals surface area contributed by atoms with Gasteiger partial charge >= 0.3 is 37.6 Å². The predicted octanol–water partition coefficient (Wildman–Crippen LogP) is 6.83. The first kappa shape index (κ1) is 23.5. The first-order valence-electron chi connectivity index (χ1n) is 8.85. The first-order chi connectivity index (χ1) is 10.7. The molecule has 0 radical (unpaired) electrons. The van der Waals surface area contributed by atoms with Gasteiger partial charge in [0.15, 0.2) is 0 Å². The minimum absolute atomic E-state index is 0.303. The molecule has 0 aromatic heterocycles. The van der Waals surface area contributed by atoms with E-state index < -0.39 is 0 Å². The van der Waals surface area contributed by atoms with Crippen molar-refractivity contribution in [2.45, 2.75) is 75.7 Å². The number of hydrogen-bond donors (Lipinski definition) is 0. The predicted molar refractivity (Wildman–Crippen MR) is 105 cm³/mol. The molecule has 0 aromatic carbocycles. The molecule has 0 saturated heterocycles. The Bertz CT molecular complexity index is 536. The van der Waals surface area contributed by atoms with Crippen LogP contribution in [-0.4, -0.2) is 3.81 Å². The molecule has 2 aliphatic carbocycles. The molecule has 2 aliphatic rings. The van der Waals surface area contributed by atoms with Gasteiger partial charge in [-0.25, -0.2) is 17.7 Å². The Kier molecular flexibility index (Phi) is 9.69. The van der Waals surface area contributed by atoms with Gasteiger partial charge in [-0.05, 0) is 5.41 Å². The molecule has 0 heterocycles. The van der Waals surface area contributed by atoms with Crippen LogP contribution in [0.5, 0.6) is 0 Å².